The summed E-state index contributed by atoms with van der Waals surface area (Å²) >= 11 is 12.1. The molecule has 0 unspecified atom stereocenters. The van der Waals surface area contributed by atoms with Gasteiger partial charge in [-0.05, 0) is 43.5 Å². The molecule has 1 aliphatic rings. The van der Waals surface area contributed by atoms with E-state index < -0.39 is 0 Å². The molecule has 0 radical (unpaired) electrons. The van der Waals surface area contributed by atoms with Crippen LogP contribution in [0.15, 0.2) is 18.2 Å². The van der Waals surface area contributed by atoms with E-state index in [4.69, 9.17) is 23.2 Å². The Morgan fingerprint density at radius 3 is 2.57 bits per heavy atom. The summed E-state index contributed by atoms with van der Waals surface area (Å²) in [7, 11) is 0. The Bertz CT molecular complexity index is 508. The summed E-state index contributed by atoms with van der Waals surface area (Å²) in [5.74, 6) is 0.0753. The van der Waals surface area contributed by atoms with E-state index in [1.54, 1.807) is 18.2 Å². The van der Waals surface area contributed by atoms with Crippen molar-refractivity contribution in [3.63, 3.8) is 0 Å². The highest BCUT2D eigenvalue weighted by atomic mass is 35.5. The van der Waals surface area contributed by atoms with Crippen LogP contribution in [0.2, 0.25) is 10.0 Å². The van der Waals surface area contributed by atoms with Crippen LogP contribution in [-0.4, -0.2) is 30.3 Å². The highest BCUT2D eigenvalue weighted by molar-refractivity contribution is 6.43. The fourth-order valence-corrected chi connectivity index (χ4v) is 3.19. The summed E-state index contributed by atoms with van der Waals surface area (Å²) in [6.07, 6.45) is 4.17. The van der Waals surface area contributed by atoms with E-state index in [1.165, 1.54) is 19.3 Å². The van der Waals surface area contributed by atoms with Crippen LogP contribution in [0.4, 0.5) is 0 Å². The molecule has 0 N–H and O–H groups in total. The third-order valence-corrected chi connectivity index (χ3v) is 5.64. The molecule has 1 heterocycles. The van der Waals surface area contributed by atoms with Crippen molar-refractivity contribution < 1.29 is 4.79 Å². The van der Waals surface area contributed by atoms with E-state index in [2.05, 4.69) is 18.7 Å². The first kappa shape index (κ1) is 16.8. The monoisotopic (exact) mass is 327 g/mol. The van der Waals surface area contributed by atoms with Gasteiger partial charge >= 0.3 is 0 Å². The second-order valence-corrected chi connectivity index (χ2v) is 7.07. The van der Waals surface area contributed by atoms with Gasteiger partial charge < -0.3 is 4.90 Å². The number of piperidine rings is 1. The number of hydrogen-bond acceptors (Lipinski definition) is 2. The van der Waals surface area contributed by atoms with Crippen molar-refractivity contribution >= 4 is 29.0 Å². The van der Waals surface area contributed by atoms with Crippen LogP contribution in [0.25, 0.3) is 0 Å². The number of carbonyl (C=O) groups excluding carboxylic acids is 1. The number of carbonyl (C=O) groups is 1. The molecule has 4 heteroatoms. The first-order valence-corrected chi connectivity index (χ1v) is 8.40. The number of likely N-dealkylation sites (tertiary alicyclic amines) is 1. The molecule has 0 aliphatic carbocycles. The molecule has 1 aromatic carbocycles. The predicted molar refractivity (Wildman–Crippen MR) is 89.5 cm³/mol. The lowest BCUT2D eigenvalue weighted by atomic mass is 9.78. The molecule has 1 fully saturated rings. The van der Waals surface area contributed by atoms with Gasteiger partial charge in [0.05, 0.1) is 10.0 Å². The molecule has 0 atom stereocenters. The lowest BCUT2D eigenvalue weighted by Crippen LogP contribution is -2.39. The minimum Gasteiger partial charge on any atom is -0.303 e. The number of nitrogens with zero attached hydrogens (tertiary/aromatic N) is 1. The van der Waals surface area contributed by atoms with Gasteiger partial charge in [-0.2, -0.15) is 0 Å². The topological polar surface area (TPSA) is 20.3 Å². The van der Waals surface area contributed by atoms with Crippen LogP contribution in [0.1, 0.15) is 49.9 Å². The van der Waals surface area contributed by atoms with Crippen molar-refractivity contribution in [2.45, 2.75) is 39.5 Å². The van der Waals surface area contributed by atoms with E-state index in [1.807, 2.05) is 0 Å². The number of benzene rings is 1. The average molecular weight is 328 g/mol. The Kier molecular flexibility index (Phi) is 5.70. The molecule has 21 heavy (non-hydrogen) atoms. The first-order valence-electron chi connectivity index (χ1n) is 7.65. The smallest absolute Gasteiger partial charge is 0.165 e. The summed E-state index contributed by atoms with van der Waals surface area (Å²) < 4.78 is 0. The number of ketones is 1. The summed E-state index contributed by atoms with van der Waals surface area (Å²) in [5, 5.41) is 0.820. The van der Waals surface area contributed by atoms with Gasteiger partial charge in [-0.3, -0.25) is 4.79 Å². The zero-order valence-corrected chi connectivity index (χ0v) is 14.3. The molecule has 2 rings (SSSR count). The lowest BCUT2D eigenvalue weighted by molar-refractivity contribution is 0.0902. The fraction of sp³-hybridized carbons (Fsp3) is 0.588. The summed E-state index contributed by atoms with van der Waals surface area (Å²) in [5.41, 5.74) is 1.02. The van der Waals surface area contributed by atoms with Crippen LogP contribution < -0.4 is 0 Å². The van der Waals surface area contributed by atoms with Crippen molar-refractivity contribution in [2.24, 2.45) is 5.41 Å². The maximum Gasteiger partial charge on any atom is 0.165 e. The molecule has 0 aromatic heterocycles. The maximum absolute atomic E-state index is 12.3. The number of halogens is 2. The second-order valence-electron chi connectivity index (χ2n) is 6.28. The zero-order valence-electron chi connectivity index (χ0n) is 12.8. The third-order valence-electron chi connectivity index (χ3n) is 4.82. The minimum absolute atomic E-state index is 0.0753. The molecule has 1 aliphatic heterocycles. The molecular weight excluding hydrogens is 305 g/mol. The largest absolute Gasteiger partial charge is 0.303 e. The third kappa shape index (κ3) is 4.21. The van der Waals surface area contributed by atoms with Crippen molar-refractivity contribution in [2.75, 3.05) is 19.6 Å². The van der Waals surface area contributed by atoms with Gasteiger partial charge in [0.25, 0.3) is 0 Å². The Balaban J connectivity index is 1.87. The van der Waals surface area contributed by atoms with Crippen LogP contribution in [0.3, 0.4) is 0 Å². The van der Waals surface area contributed by atoms with E-state index >= 15 is 0 Å². The van der Waals surface area contributed by atoms with Gasteiger partial charge in [-0.25, -0.2) is 0 Å². The second kappa shape index (κ2) is 7.13. The normalized spacial score (nSPS) is 18.7. The maximum atomic E-state index is 12.3. The van der Waals surface area contributed by atoms with Gasteiger partial charge in [0.2, 0.25) is 0 Å². The molecule has 1 saturated heterocycles. The molecule has 0 saturated carbocycles. The van der Waals surface area contributed by atoms with Crippen molar-refractivity contribution in [3.05, 3.63) is 33.8 Å². The molecule has 0 bridgehead atoms. The van der Waals surface area contributed by atoms with Gasteiger partial charge in [-0.15, -0.1) is 0 Å². The molecule has 1 aromatic rings. The van der Waals surface area contributed by atoms with Crippen LogP contribution >= 0.6 is 23.2 Å². The van der Waals surface area contributed by atoms with E-state index in [0.717, 1.165) is 19.6 Å². The van der Waals surface area contributed by atoms with Crippen molar-refractivity contribution in [1.29, 1.82) is 0 Å². The summed E-state index contributed by atoms with van der Waals surface area (Å²) in [6, 6.07) is 5.23. The van der Waals surface area contributed by atoms with Gasteiger partial charge in [0.1, 0.15) is 0 Å². The Hall–Kier alpha value is -0.570. The fourth-order valence-electron chi connectivity index (χ4n) is 2.78. The lowest BCUT2D eigenvalue weighted by Gasteiger charge is -2.38. The molecular formula is C17H23Cl2NO. The molecule has 116 valence electrons. The molecule has 0 amide bonds. The SMILES string of the molecule is CCC1(C)CCN(CCC(=O)c2cccc(Cl)c2Cl)CC1. The molecule has 2 nitrogen and oxygen atoms in total. The number of hydrogen-bond donors (Lipinski definition) is 0. The average Bonchev–Trinajstić information content (AvgIpc) is 2.49. The van der Waals surface area contributed by atoms with E-state index in [0.29, 0.717) is 27.4 Å². The Labute approximate surface area is 137 Å². The van der Waals surface area contributed by atoms with Gasteiger partial charge in [0.15, 0.2) is 5.78 Å². The van der Waals surface area contributed by atoms with Gasteiger partial charge in [0, 0.05) is 18.5 Å². The Morgan fingerprint density at radius 2 is 1.95 bits per heavy atom. The predicted octanol–water partition coefficient (Wildman–Crippen LogP) is 5.08. The van der Waals surface area contributed by atoms with E-state index in [9.17, 15) is 4.79 Å². The number of Topliss-reactive ketones (excluding diaryl/α,β-unsaturated/α-hetero) is 1. The quantitative estimate of drug-likeness (QED) is 0.703. The summed E-state index contributed by atoms with van der Waals surface area (Å²) in [6.45, 7) is 7.60. The first-order chi connectivity index (χ1) is 9.95. The zero-order chi connectivity index (χ0) is 15.5. The van der Waals surface area contributed by atoms with Crippen molar-refractivity contribution in [1.82, 2.24) is 4.90 Å². The molecule has 0 spiro atoms. The standard InChI is InChI=1S/C17H23Cl2NO/c1-3-17(2)8-11-20(12-9-17)10-7-15(21)13-5-4-6-14(18)16(13)19/h4-6H,3,7-12H2,1-2H3. The van der Waals surface area contributed by atoms with Crippen LogP contribution in [-0.2, 0) is 0 Å². The van der Waals surface area contributed by atoms with Crippen molar-refractivity contribution in [3.8, 4) is 0 Å². The highest BCUT2D eigenvalue weighted by Crippen LogP contribution is 2.34. The highest BCUT2D eigenvalue weighted by Gasteiger charge is 2.28. The van der Waals surface area contributed by atoms with Crippen LogP contribution in [0, 0.1) is 5.41 Å². The minimum atomic E-state index is 0.0753. The van der Waals surface area contributed by atoms with Gasteiger partial charge in [-0.1, -0.05) is 49.5 Å². The van der Waals surface area contributed by atoms with E-state index in [-0.39, 0.29) is 5.78 Å². The Morgan fingerprint density at radius 1 is 1.29 bits per heavy atom. The number of rotatable bonds is 5. The van der Waals surface area contributed by atoms with Crippen LogP contribution in [0.5, 0.6) is 0 Å². The summed E-state index contributed by atoms with van der Waals surface area (Å²) in [4.78, 5) is 14.7.